The lowest BCUT2D eigenvalue weighted by atomic mass is 9.91. The van der Waals surface area contributed by atoms with Crippen molar-refractivity contribution in [1.82, 2.24) is 0 Å². The smallest absolute Gasteiger partial charge is 0.0858 e. The van der Waals surface area contributed by atoms with Gasteiger partial charge in [-0.2, -0.15) is 0 Å². The molecule has 1 saturated carbocycles. The third-order valence-electron chi connectivity index (χ3n) is 3.11. The second kappa shape index (κ2) is 3.67. The maximum Gasteiger partial charge on any atom is 0.0858 e. The van der Waals surface area contributed by atoms with Gasteiger partial charge in [0.1, 0.15) is 0 Å². The van der Waals surface area contributed by atoms with E-state index in [-0.39, 0.29) is 0 Å². The lowest BCUT2D eigenvalue weighted by Gasteiger charge is -2.23. The molecule has 1 unspecified atom stereocenters. The van der Waals surface area contributed by atoms with Gasteiger partial charge in [-0.1, -0.05) is 24.3 Å². The molecule has 0 aromatic heterocycles. The molecule has 0 bridgehead atoms. The Balaban J connectivity index is 2.06. The monoisotopic (exact) mass is 178 g/mol. The Morgan fingerprint density at radius 2 is 2.00 bits per heavy atom. The first kappa shape index (κ1) is 9.01. The largest absolute Gasteiger partial charge is 0.385 e. The van der Waals surface area contributed by atoms with Crippen molar-refractivity contribution in [3.8, 4) is 0 Å². The number of aliphatic hydroxyl groups is 1. The molecule has 1 atom stereocenters. The summed E-state index contributed by atoms with van der Waals surface area (Å²) in [6.45, 7) is 0. The number of hydrogen-bond acceptors (Lipinski definition) is 1. The van der Waals surface area contributed by atoms with E-state index in [1.807, 2.05) is 12.2 Å². The highest BCUT2D eigenvalue weighted by atomic mass is 16.3. The zero-order valence-corrected chi connectivity index (χ0v) is 8.08. The van der Waals surface area contributed by atoms with Gasteiger partial charge in [0.15, 0.2) is 0 Å². The lowest BCUT2D eigenvalue weighted by molar-refractivity contribution is 0.0559. The first-order valence-corrected chi connectivity index (χ1v) is 5.38. The van der Waals surface area contributed by atoms with Gasteiger partial charge in [-0.05, 0) is 44.4 Å². The first-order valence-electron chi connectivity index (χ1n) is 5.38. The van der Waals surface area contributed by atoms with Crippen LogP contribution in [0, 0.1) is 5.92 Å². The van der Waals surface area contributed by atoms with E-state index in [1.54, 1.807) is 0 Å². The molecule has 2 aliphatic carbocycles. The summed E-state index contributed by atoms with van der Waals surface area (Å²) in [6.07, 6.45) is 15.2. The van der Waals surface area contributed by atoms with Gasteiger partial charge >= 0.3 is 0 Å². The van der Waals surface area contributed by atoms with Crippen LogP contribution in [0.5, 0.6) is 0 Å². The molecule has 0 saturated heterocycles. The Labute approximate surface area is 80.2 Å². The summed E-state index contributed by atoms with van der Waals surface area (Å²) in [5, 5.41) is 10.3. The molecule has 72 valence electrons. The van der Waals surface area contributed by atoms with Gasteiger partial charge in [0.05, 0.1) is 5.60 Å². The number of hydrogen-bond donors (Lipinski definition) is 1. The number of rotatable bonds is 1. The fourth-order valence-electron chi connectivity index (χ4n) is 2.07. The van der Waals surface area contributed by atoms with E-state index in [0.717, 1.165) is 19.3 Å². The third-order valence-corrected chi connectivity index (χ3v) is 3.11. The van der Waals surface area contributed by atoms with Crippen LogP contribution < -0.4 is 0 Å². The Kier molecular flexibility index (Phi) is 2.54. The van der Waals surface area contributed by atoms with Crippen molar-refractivity contribution >= 4 is 0 Å². The molecule has 1 N–H and O–H groups in total. The minimum absolute atomic E-state index is 0.477. The maximum atomic E-state index is 10.3. The maximum absolute atomic E-state index is 10.3. The lowest BCUT2D eigenvalue weighted by Crippen LogP contribution is -2.28. The first-order chi connectivity index (χ1) is 6.31. The summed E-state index contributed by atoms with van der Waals surface area (Å²) in [5.41, 5.74) is -0.477. The average Bonchev–Trinajstić information content (AvgIpc) is 2.92. The van der Waals surface area contributed by atoms with E-state index >= 15 is 0 Å². The fourth-order valence-corrected chi connectivity index (χ4v) is 2.07. The highest BCUT2D eigenvalue weighted by Gasteiger charge is 2.41. The molecule has 2 rings (SSSR count). The van der Waals surface area contributed by atoms with E-state index in [0.29, 0.717) is 5.92 Å². The van der Waals surface area contributed by atoms with Gasteiger partial charge < -0.3 is 5.11 Å². The van der Waals surface area contributed by atoms with Crippen LogP contribution in [-0.2, 0) is 0 Å². The molecular formula is C12H18O. The summed E-state index contributed by atoms with van der Waals surface area (Å²) in [4.78, 5) is 0. The normalized spacial score (nSPS) is 40.1. The third kappa shape index (κ3) is 2.22. The molecular weight excluding hydrogens is 160 g/mol. The molecule has 0 amide bonds. The van der Waals surface area contributed by atoms with E-state index in [1.165, 1.54) is 19.3 Å². The van der Waals surface area contributed by atoms with Crippen LogP contribution in [0.25, 0.3) is 0 Å². The standard InChI is InChI=1S/C12H18O/c13-12(11-7-8-11)9-5-3-1-2-4-6-10-12/h1,3,5,9,11,13H,2,4,6-8,10H2/b3-1-,9-5-. The molecule has 0 aromatic rings. The molecule has 0 heterocycles. The van der Waals surface area contributed by atoms with Crippen molar-refractivity contribution in [2.24, 2.45) is 5.92 Å². The second-order valence-electron chi connectivity index (χ2n) is 4.30. The van der Waals surface area contributed by atoms with Crippen LogP contribution in [-0.4, -0.2) is 10.7 Å². The van der Waals surface area contributed by atoms with Crippen molar-refractivity contribution < 1.29 is 5.11 Å². The summed E-state index contributed by atoms with van der Waals surface area (Å²) >= 11 is 0. The molecule has 2 aliphatic rings. The van der Waals surface area contributed by atoms with Crippen molar-refractivity contribution in [2.75, 3.05) is 0 Å². The number of allylic oxidation sites excluding steroid dienone is 3. The highest BCUT2D eigenvalue weighted by Crippen LogP contribution is 2.43. The predicted molar refractivity (Wildman–Crippen MR) is 54.4 cm³/mol. The van der Waals surface area contributed by atoms with Gasteiger partial charge in [0.2, 0.25) is 0 Å². The minimum atomic E-state index is -0.477. The van der Waals surface area contributed by atoms with Crippen LogP contribution in [0.3, 0.4) is 0 Å². The van der Waals surface area contributed by atoms with Gasteiger partial charge in [0.25, 0.3) is 0 Å². The highest BCUT2D eigenvalue weighted by molar-refractivity contribution is 5.15. The van der Waals surface area contributed by atoms with Crippen molar-refractivity contribution in [3.05, 3.63) is 24.3 Å². The van der Waals surface area contributed by atoms with Gasteiger partial charge in [-0.25, -0.2) is 0 Å². The molecule has 0 aliphatic heterocycles. The van der Waals surface area contributed by atoms with Crippen LogP contribution in [0.1, 0.15) is 38.5 Å². The Morgan fingerprint density at radius 3 is 2.77 bits per heavy atom. The summed E-state index contributed by atoms with van der Waals surface area (Å²) in [5.74, 6) is 0.551. The Hall–Kier alpha value is -0.560. The molecule has 1 heteroatoms. The molecule has 13 heavy (non-hydrogen) atoms. The molecule has 1 fully saturated rings. The van der Waals surface area contributed by atoms with Crippen LogP contribution in [0.2, 0.25) is 0 Å². The van der Waals surface area contributed by atoms with Gasteiger partial charge in [-0.15, -0.1) is 0 Å². The van der Waals surface area contributed by atoms with Gasteiger partial charge in [0, 0.05) is 0 Å². The van der Waals surface area contributed by atoms with Crippen LogP contribution >= 0.6 is 0 Å². The molecule has 0 radical (unpaired) electrons. The predicted octanol–water partition coefficient (Wildman–Crippen LogP) is 2.81. The topological polar surface area (TPSA) is 20.2 Å². The van der Waals surface area contributed by atoms with Crippen molar-refractivity contribution in [2.45, 2.75) is 44.1 Å². The zero-order chi connectivity index (χ0) is 9.15. The van der Waals surface area contributed by atoms with E-state index in [4.69, 9.17) is 0 Å². The Morgan fingerprint density at radius 1 is 1.15 bits per heavy atom. The van der Waals surface area contributed by atoms with E-state index in [9.17, 15) is 5.11 Å². The van der Waals surface area contributed by atoms with Crippen molar-refractivity contribution in [1.29, 1.82) is 0 Å². The molecule has 0 aromatic carbocycles. The minimum Gasteiger partial charge on any atom is -0.385 e. The second-order valence-corrected chi connectivity index (χ2v) is 4.30. The molecule has 0 spiro atoms. The quantitative estimate of drug-likeness (QED) is 0.654. The van der Waals surface area contributed by atoms with Crippen LogP contribution in [0.4, 0.5) is 0 Å². The van der Waals surface area contributed by atoms with E-state index < -0.39 is 5.60 Å². The fraction of sp³-hybridized carbons (Fsp3) is 0.667. The summed E-state index contributed by atoms with van der Waals surface area (Å²) in [7, 11) is 0. The SMILES string of the molecule is OC1(C2CC2)/C=C\C=C/CCCC1. The zero-order valence-electron chi connectivity index (χ0n) is 8.08. The average molecular weight is 178 g/mol. The van der Waals surface area contributed by atoms with E-state index in [2.05, 4.69) is 12.2 Å². The Bertz CT molecular complexity index is 225. The summed E-state index contributed by atoms with van der Waals surface area (Å²) < 4.78 is 0. The molecule has 1 nitrogen and oxygen atoms in total. The van der Waals surface area contributed by atoms with Gasteiger partial charge in [-0.3, -0.25) is 0 Å². The summed E-state index contributed by atoms with van der Waals surface area (Å²) in [6, 6.07) is 0. The van der Waals surface area contributed by atoms with Crippen LogP contribution in [0.15, 0.2) is 24.3 Å². The van der Waals surface area contributed by atoms with Crippen molar-refractivity contribution in [3.63, 3.8) is 0 Å².